The summed E-state index contributed by atoms with van der Waals surface area (Å²) in [6.07, 6.45) is 23.0. The van der Waals surface area contributed by atoms with E-state index in [-0.39, 0.29) is 188 Å². The van der Waals surface area contributed by atoms with Crippen molar-refractivity contribution in [3.05, 3.63) is 218 Å². The summed E-state index contributed by atoms with van der Waals surface area (Å²) in [7, 11) is 0. The van der Waals surface area contributed by atoms with Crippen molar-refractivity contribution in [2.45, 2.75) is 229 Å². The van der Waals surface area contributed by atoms with Crippen LogP contribution in [0.4, 0.5) is 28.4 Å². The Balaban J connectivity index is 0.000000838. The van der Waals surface area contributed by atoms with Gasteiger partial charge < -0.3 is 134 Å². The molecule has 0 spiro atoms. The number of carbonyl (C=O) groups is 7. The molecule has 19 nitrogen and oxygen atoms in total. The number of halogens is 8. The van der Waals surface area contributed by atoms with Crippen LogP contribution in [0.15, 0.2) is 195 Å². The number of fused-ring (bicyclic) bond motifs is 5. The van der Waals surface area contributed by atoms with Crippen LogP contribution in [0.5, 0.6) is 0 Å². The molecule has 0 saturated carbocycles. The van der Waals surface area contributed by atoms with Gasteiger partial charge in [-0.25, -0.2) is 4.58 Å². The maximum atomic E-state index is 11.3. The van der Waals surface area contributed by atoms with Crippen molar-refractivity contribution in [1.82, 2.24) is 0 Å². The predicted molar refractivity (Wildman–Crippen MR) is 506 cm³/mol. The summed E-state index contributed by atoms with van der Waals surface area (Å²) in [5.74, 6) is -0.785. The monoisotopic (exact) mass is 2390 g/mol. The molecule has 7 aliphatic rings. The summed E-state index contributed by atoms with van der Waals surface area (Å²) in [5, 5.41) is 9.93. The van der Waals surface area contributed by atoms with Crippen LogP contribution in [0, 0.1) is 0 Å². The van der Waals surface area contributed by atoms with Crippen LogP contribution in [0.3, 0.4) is 0 Å². The molecule has 28 heteroatoms. The SMILES string of the molecule is CC(=O)OCCCCl.CC(=O)OCCCI.CC(=O)OCCCN1/C(=C/C=C2\CCCC(/C=C/C3=[N+](CCCOC(C)=O)c4ccccc4C3(C)C)=C2Cl)C(C)(C)c2ccccc21.CC(=O)OCCC[N+]1=C(C)C(C)(C)c2ccccc21.CC(=O)OCCC[N+]1=CC(C)(C)c2ccccc21.CC1=Nc2ccccc2C1(C)C.O=CC1=C(Cl)/C(=C/O)CCC1.[I-].[I-].[I-].[I-].[Na+]. The van der Waals surface area contributed by atoms with Crippen molar-refractivity contribution in [1.29, 1.82) is 0 Å². The Morgan fingerprint density at radius 1 is 0.477 bits per heavy atom. The molecule has 1 N–H and O–H groups in total. The van der Waals surface area contributed by atoms with E-state index in [2.05, 4.69) is 285 Å². The van der Waals surface area contributed by atoms with E-state index in [9.17, 15) is 33.6 Å². The van der Waals surface area contributed by atoms with Gasteiger partial charge in [-0.2, -0.15) is 9.15 Å². The largest absolute Gasteiger partial charge is 1.00 e. The van der Waals surface area contributed by atoms with Crippen molar-refractivity contribution in [3.63, 3.8) is 0 Å². The second-order valence-corrected chi connectivity index (χ2v) is 35.7. The molecule has 0 atom stereocenters. The molecule has 5 aromatic rings. The van der Waals surface area contributed by atoms with Gasteiger partial charge in [0.25, 0.3) is 0 Å². The van der Waals surface area contributed by atoms with Gasteiger partial charge >= 0.3 is 65.4 Å². The molecule has 696 valence electrons. The molecular weight excluding hydrogens is 2260 g/mol. The van der Waals surface area contributed by atoms with E-state index in [1.54, 1.807) is 0 Å². The topological polar surface area (TPSA) is 220 Å². The van der Waals surface area contributed by atoms with Crippen molar-refractivity contribution < 1.29 is 206 Å². The standard InChI is InChI=1S/C40H48ClN2O4.C16H22NO2.C15H20NO2.C11H13N.C8H9ClO2.C5H9ClO2.C5H9IO2.4HI.Na/c1-28(44)46-26-12-24-42-34-18-9-7-16-32(34)39(3,4)36(42)22-20-30-14-11-15-31(38(30)41)21-23-37-40(5,6)33-17-8-10-19-35(33)43(37)25-13-27-47-29(2)45;1-12-16(3,4)14-8-5-6-9-15(14)17(12)10-7-11-19-13(2)18;1-12(17)18-10-6-9-16-11-15(2,3)13-7-4-5-8-14(13)16;1-8-11(2,3)9-6-4-5-7-10(9)12-8;9-8-6(4-10)2-1-3-7(8)5-11;2*1-5(7)8-4-2-3-6;;;;;/h7-10,16-23H,11-15,24-27H2,1-6H3;5-6,8-9H,7,10-11H2,1-4H3;4-5,7-8,11H,6,9-10H2,1-3H3;4-7H,1-3H3;4-5,10H,1-3H2;2*2-4H2,1H3;4*1H;/q3*+1;;;;;;;;;+1/p-4/b;;;;6-4+;;;;;;;. The number of aliphatic imine (C=N–C) groups is 1. The number of aliphatic hydroxyl groups is 1. The van der Waals surface area contributed by atoms with E-state index in [1.807, 2.05) is 6.07 Å². The molecule has 5 heterocycles. The number of anilines is 1. The van der Waals surface area contributed by atoms with Gasteiger partial charge in [0.1, 0.15) is 6.29 Å². The second-order valence-electron chi connectivity index (χ2n) is 33.5. The normalized spacial score (nSPS) is 16.8. The third kappa shape index (κ3) is 35.6. The number of hydrogen-bond donors (Lipinski definition) is 1. The molecule has 2 aliphatic carbocycles. The van der Waals surface area contributed by atoms with Gasteiger partial charge in [0, 0.05) is 170 Å². The predicted octanol–water partition coefficient (Wildman–Crippen LogP) is 7.44. The van der Waals surface area contributed by atoms with Crippen molar-refractivity contribution in [3.8, 4) is 0 Å². The Hall–Kier alpha value is -5.17. The molecule has 0 unspecified atom stereocenters. The van der Waals surface area contributed by atoms with E-state index >= 15 is 0 Å². The molecule has 5 aromatic carbocycles. The number of esters is 6. The first-order chi connectivity index (χ1) is 58.3. The van der Waals surface area contributed by atoms with E-state index in [0.29, 0.717) is 61.7 Å². The fourth-order valence-electron chi connectivity index (χ4n) is 15.6. The van der Waals surface area contributed by atoms with Gasteiger partial charge in [-0.1, -0.05) is 177 Å². The average Bonchev–Trinajstić information content (AvgIpc) is 1.64. The Labute approximate surface area is 880 Å². The zero-order valence-corrected chi connectivity index (χ0v) is 93.1. The first kappa shape index (κ1) is 121. The Kier molecular flexibility index (Phi) is 56.2. The molecule has 0 bridgehead atoms. The van der Waals surface area contributed by atoms with Crippen LogP contribution in [0.25, 0.3) is 0 Å². The molecule has 0 amide bonds. The summed E-state index contributed by atoms with van der Waals surface area (Å²) < 4.78 is 37.7. The molecule has 0 fully saturated rings. The van der Waals surface area contributed by atoms with E-state index in [0.717, 1.165) is 142 Å². The number of para-hydroxylation sites is 5. The molecule has 0 radical (unpaired) electrons. The number of hydrogen-bond acceptors (Lipinski definition) is 16. The second kappa shape index (κ2) is 59.5. The molecule has 0 aromatic heterocycles. The van der Waals surface area contributed by atoms with E-state index in [4.69, 9.17) is 58.9 Å². The van der Waals surface area contributed by atoms with Crippen LogP contribution in [-0.4, -0.2) is 160 Å². The number of allylic oxidation sites excluding steroid dienone is 11. The summed E-state index contributed by atoms with van der Waals surface area (Å²) in [6.45, 7) is 41.4. The maximum absolute atomic E-state index is 11.3. The zero-order valence-electron chi connectivity index (χ0n) is 78.1. The molecular formula is C100H130Cl3I5N5NaO14. The fraction of sp³-hybridized carbons (Fsp3) is 0.470. The van der Waals surface area contributed by atoms with E-state index in [1.165, 1.54) is 115 Å². The van der Waals surface area contributed by atoms with Crippen LogP contribution in [-0.2, 0) is 89.1 Å². The van der Waals surface area contributed by atoms with Gasteiger partial charge in [0.2, 0.25) is 17.1 Å². The van der Waals surface area contributed by atoms with Crippen molar-refractivity contribution >= 4 is 151 Å². The fourth-order valence-corrected chi connectivity index (χ4v) is 16.6. The summed E-state index contributed by atoms with van der Waals surface area (Å²) in [4.78, 5) is 81.6. The van der Waals surface area contributed by atoms with Crippen LogP contribution >= 0.6 is 57.4 Å². The number of benzene rings is 5. The third-order valence-electron chi connectivity index (χ3n) is 22.5. The summed E-state index contributed by atoms with van der Waals surface area (Å²) in [6, 6.07) is 42.5. The van der Waals surface area contributed by atoms with Crippen molar-refractivity contribution in [2.24, 2.45) is 4.99 Å². The molecule has 5 aliphatic heterocycles. The number of aliphatic hydroxyl groups excluding tert-OH is 1. The number of rotatable bonds is 26. The Morgan fingerprint density at radius 3 is 1.41 bits per heavy atom. The minimum absolute atomic E-state index is 0. The van der Waals surface area contributed by atoms with Gasteiger partial charge in [-0.05, 0) is 147 Å². The van der Waals surface area contributed by atoms with Crippen LogP contribution < -0.4 is 130 Å². The Morgan fingerprint density at radius 2 is 0.898 bits per heavy atom. The van der Waals surface area contributed by atoms with Gasteiger partial charge in [-0.3, -0.25) is 38.6 Å². The minimum atomic E-state index is -0.248. The number of nitrogens with zero attached hydrogens (tertiary/aromatic N) is 5. The molecule has 128 heavy (non-hydrogen) atoms. The van der Waals surface area contributed by atoms with Gasteiger partial charge in [0.15, 0.2) is 37.3 Å². The van der Waals surface area contributed by atoms with E-state index < -0.39 is 0 Å². The van der Waals surface area contributed by atoms with Gasteiger partial charge in [0.05, 0.1) is 72.9 Å². The first-order valence-electron chi connectivity index (χ1n) is 42.6. The Bertz CT molecular complexity index is 4870. The van der Waals surface area contributed by atoms with Crippen LogP contribution in [0.1, 0.15) is 229 Å². The molecule has 0 saturated heterocycles. The quantitative estimate of drug-likeness (QED) is 0.00655. The first-order valence-corrected chi connectivity index (χ1v) is 45.4. The number of alkyl halides is 2. The smallest absolute Gasteiger partial charge is 1.00 e. The zero-order chi connectivity index (χ0) is 90.8. The van der Waals surface area contributed by atoms with Crippen LogP contribution in [0.2, 0.25) is 0 Å². The van der Waals surface area contributed by atoms with Crippen molar-refractivity contribution in [2.75, 3.05) is 81.0 Å². The number of carbonyl (C=O) groups excluding carboxylic acids is 7. The number of ether oxygens (including phenoxy) is 6. The molecule has 12 rings (SSSR count). The minimum Gasteiger partial charge on any atom is -1.00 e. The average molecular weight is 2390 g/mol. The van der Waals surface area contributed by atoms with Gasteiger partial charge in [-0.15, -0.1) is 11.6 Å². The third-order valence-corrected chi connectivity index (χ3v) is 24.5. The summed E-state index contributed by atoms with van der Waals surface area (Å²) in [5.41, 5.74) is 21.3. The number of aldehydes is 1. The summed E-state index contributed by atoms with van der Waals surface area (Å²) >= 11 is 20.5. The maximum Gasteiger partial charge on any atom is 1.00 e.